The Labute approximate surface area is 169 Å². The molecule has 1 aromatic heterocycles. The second-order valence-corrected chi connectivity index (χ2v) is 7.85. The summed E-state index contributed by atoms with van der Waals surface area (Å²) in [5.41, 5.74) is 1.46. The normalized spacial score (nSPS) is 26.0. The molecule has 7 nitrogen and oxygen atoms in total. The largest absolute Gasteiger partial charge is 0.396 e. The third-order valence-corrected chi connectivity index (χ3v) is 6.24. The molecule has 0 aliphatic carbocycles. The number of rotatable bonds is 4. The molecule has 1 aromatic carbocycles. The number of hydrogen-bond acceptors (Lipinski definition) is 4. The third-order valence-electron chi connectivity index (χ3n) is 6.24. The molecule has 1 fully saturated rings. The van der Waals surface area contributed by atoms with Crippen molar-refractivity contribution in [3.63, 3.8) is 0 Å². The molecule has 4 rings (SSSR count). The Bertz CT molecular complexity index is 987. The molecule has 2 aliphatic heterocycles. The van der Waals surface area contributed by atoms with Crippen LogP contribution in [0.1, 0.15) is 37.2 Å². The zero-order valence-corrected chi connectivity index (χ0v) is 16.5. The first-order chi connectivity index (χ1) is 13.9. The van der Waals surface area contributed by atoms with Crippen molar-refractivity contribution >= 4 is 11.8 Å². The monoisotopic (exact) mass is 395 g/mol. The highest BCUT2D eigenvalue weighted by Crippen LogP contribution is 2.48. The van der Waals surface area contributed by atoms with Gasteiger partial charge in [0.15, 0.2) is 0 Å². The lowest BCUT2D eigenvalue weighted by Crippen LogP contribution is -2.48. The molecule has 0 saturated carbocycles. The molecule has 0 unspecified atom stereocenters. The zero-order valence-electron chi connectivity index (χ0n) is 16.5. The maximum Gasteiger partial charge on any atom is 0.250 e. The molecule has 2 amide bonds. The summed E-state index contributed by atoms with van der Waals surface area (Å²) in [6.07, 6.45) is 0. The first-order valence-corrected chi connectivity index (χ1v) is 9.89. The van der Waals surface area contributed by atoms with Gasteiger partial charge in [0.05, 0.1) is 24.0 Å². The second-order valence-electron chi connectivity index (χ2n) is 7.85. The summed E-state index contributed by atoms with van der Waals surface area (Å²) in [5.74, 6) is -1.45. The number of fused-ring (bicyclic) bond motifs is 4. The van der Waals surface area contributed by atoms with Gasteiger partial charge in [-0.3, -0.25) is 14.4 Å². The van der Waals surface area contributed by atoms with Gasteiger partial charge in [-0.15, -0.1) is 0 Å². The number of aromatic nitrogens is 1. The molecule has 0 radical (unpaired) electrons. The lowest BCUT2D eigenvalue weighted by Gasteiger charge is -2.37. The van der Waals surface area contributed by atoms with Gasteiger partial charge in [0.2, 0.25) is 11.8 Å². The molecule has 2 aliphatic rings. The number of amides is 2. The molecule has 2 N–H and O–H groups in total. The highest BCUT2D eigenvalue weighted by atomic mass is 16.3. The fourth-order valence-corrected chi connectivity index (χ4v) is 4.92. The van der Waals surface area contributed by atoms with Gasteiger partial charge in [-0.05, 0) is 18.6 Å². The smallest absolute Gasteiger partial charge is 0.250 e. The van der Waals surface area contributed by atoms with Gasteiger partial charge >= 0.3 is 0 Å². The zero-order chi connectivity index (χ0) is 20.7. The molecule has 3 heterocycles. The second kappa shape index (κ2) is 7.48. The van der Waals surface area contributed by atoms with Crippen LogP contribution in [0.5, 0.6) is 0 Å². The summed E-state index contributed by atoms with van der Waals surface area (Å²) in [4.78, 5) is 39.9. The number of hydrogen-bond donors (Lipinski definition) is 2. The Balaban J connectivity index is 1.72. The maximum atomic E-state index is 13.4. The average molecular weight is 395 g/mol. The number of pyridine rings is 1. The first kappa shape index (κ1) is 19.4. The number of aliphatic hydroxyl groups excluding tert-OH is 1. The van der Waals surface area contributed by atoms with Crippen LogP contribution >= 0.6 is 0 Å². The Morgan fingerprint density at radius 2 is 1.90 bits per heavy atom. The maximum absolute atomic E-state index is 13.4. The van der Waals surface area contributed by atoms with E-state index in [1.807, 2.05) is 37.3 Å². The van der Waals surface area contributed by atoms with E-state index >= 15 is 0 Å². The Hall–Kier alpha value is -2.93. The van der Waals surface area contributed by atoms with Crippen molar-refractivity contribution in [2.45, 2.75) is 38.5 Å². The Kier molecular flexibility index (Phi) is 5.00. The number of carbonyl (C=O) groups is 2. The van der Waals surface area contributed by atoms with Crippen LogP contribution in [0.4, 0.5) is 0 Å². The molecule has 1 saturated heterocycles. The molecular formula is C22H25N3O4. The SMILES string of the molecule is CC(=O)N1[C@@H]2Cn3c(cccc3=O)[C@H]1[C@@H](C(=O)N[C@@H](C)c1ccccc1)[C@@H]2CO. The highest BCUT2D eigenvalue weighted by Gasteiger charge is 2.56. The van der Waals surface area contributed by atoms with E-state index in [9.17, 15) is 19.5 Å². The lowest BCUT2D eigenvalue weighted by atomic mass is 9.86. The number of carbonyl (C=O) groups excluding carboxylic acids is 2. The molecule has 152 valence electrons. The van der Waals surface area contributed by atoms with Gasteiger partial charge in [0, 0.05) is 37.8 Å². The standard InChI is InChI=1S/C22H25N3O4/c1-13(15-7-4-3-5-8-15)23-22(29)20-16(12-26)18-11-24-17(9-6-10-19(24)28)21(20)25(18)14(2)27/h3-10,13,16,18,20-21,26H,11-12H2,1-2H3,(H,23,29)/t13-,16+,18+,20-,21-/m0/s1. The Morgan fingerprint density at radius 1 is 1.17 bits per heavy atom. The van der Waals surface area contributed by atoms with Gasteiger partial charge in [-0.25, -0.2) is 0 Å². The average Bonchev–Trinajstić information content (AvgIpc) is 2.96. The fraction of sp³-hybridized carbons (Fsp3) is 0.409. The molecule has 29 heavy (non-hydrogen) atoms. The summed E-state index contributed by atoms with van der Waals surface area (Å²) in [5, 5.41) is 13.2. The van der Waals surface area contributed by atoms with E-state index in [1.54, 1.807) is 21.6 Å². The molecular weight excluding hydrogens is 370 g/mol. The predicted octanol–water partition coefficient (Wildman–Crippen LogP) is 1.24. The van der Waals surface area contributed by atoms with E-state index in [4.69, 9.17) is 0 Å². The van der Waals surface area contributed by atoms with E-state index in [1.165, 1.54) is 13.0 Å². The van der Waals surface area contributed by atoms with Gasteiger partial charge in [-0.2, -0.15) is 0 Å². The van der Waals surface area contributed by atoms with Crippen molar-refractivity contribution < 1.29 is 14.7 Å². The number of benzene rings is 1. The van der Waals surface area contributed by atoms with E-state index in [0.29, 0.717) is 5.69 Å². The molecule has 7 heteroatoms. The van der Waals surface area contributed by atoms with E-state index < -0.39 is 23.9 Å². The Morgan fingerprint density at radius 3 is 2.55 bits per heavy atom. The number of aliphatic hydroxyl groups is 1. The van der Waals surface area contributed by atoms with Crippen LogP contribution in [0.2, 0.25) is 0 Å². The predicted molar refractivity (Wildman–Crippen MR) is 107 cm³/mol. The van der Waals surface area contributed by atoms with Crippen molar-refractivity contribution in [2.24, 2.45) is 11.8 Å². The molecule has 2 bridgehead atoms. The van der Waals surface area contributed by atoms with Crippen molar-refractivity contribution in [1.29, 1.82) is 0 Å². The summed E-state index contributed by atoms with van der Waals surface area (Å²) >= 11 is 0. The van der Waals surface area contributed by atoms with Gasteiger partial charge in [-0.1, -0.05) is 36.4 Å². The van der Waals surface area contributed by atoms with Crippen molar-refractivity contribution in [1.82, 2.24) is 14.8 Å². The third kappa shape index (κ3) is 3.15. The van der Waals surface area contributed by atoms with Crippen LogP contribution in [0, 0.1) is 11.8 Å². The summed E-state index contributed by atoms with van der Waals surface area (Å²) in [6, 6.07) is 13.4. The number of nitrogens with one attached hydrogen (secondary N) is 1. The molecule has 5 atom stereocenters. The van der Waals surface area contributed by atoms with Crippen LogP contribution in [-0.2, 0) is 16.1 Å². The van der Waals surface area contributed by atoms with Crippen LogP contribution < -0.4 is 10.9 Å². The minimum atomic E-state index is -0.629. The summed E-state index contributed by atoms with van der Waals surface area (Å²) in [7, 11) is 0. The minimum absolute atomic E-state index is 0.156. The summed E-state index contributed by atoms with van der Waals surface area (Å²) in [6.45, 7) is 3.43. The highest BCUT2D eigenvalue weighted by molar-refractivity contribution is 5.84. The van der Waals surface area contributed by atoms with E-state index in [0.717, 1.165) is 5.56 Å². The van der Waals surface area contributed by atoms with Gasteiger partial charge in [0.1, 0.15) is 0 Å². The summed E-state index contributed by atoms with van der Waals surface area (Å²) < 4.78 is 1.63. The van der Waals surface area contributed by atoms with Crippen LogP contribution in [0.15, 0.2) is 53.3 Å². The molecule has 0 spiro atoms. The van der Waals surface area contributed by atoms with Crippen molar-refractivity contribution in [3.8, 4) is 0 Å². The number of nitrogens with zero attached hydrogens (tertiary/aromatic N) is 2. The van der Waals surface area contributed by atoms with Crippen LogP contribution in [0.3, 0.4) is 0 Å². The van der Waals surface area contributed by atoms with Crippen molar-refractivity contribution in [3.05, 3.63) is 70.1 Å². The quantitative estimate of drug-likeness (QED) is 0.815. The fourth-order valence-electron chi connectivity index (χ4n) is 4.92. The van der Waals surface area contributed by atoms with E-state index in [-0.39, 0.29) is 36.6 Å². The van der Waals surface area contributed by atoms with Gasteiger partial charge < -0.3 is 19.9 Å². The van der Waals surface area contributed by atoms with E-state index in [2.05, 4.69) is 5.32 Å². The molecule has 2 aromatic rings. The van der Waals surface area contributed by atoms with Crippen LogP contribution in [-0.4, -0.2) is 39.0 Å². The lowest BCUT2D eigenvalue weighted by molar-refractivity contribution is -0.134. The topological polar surface area (TPSA) is 91.6 Å². The van der Waals surface area contributed by atoms with Crippen LogP contribution in [0.25, 0.3) is 0 Å². The van der Waals surface area contributed by atoms with Crippen molar-refractivity contribution in [2.75, 3.05) is 6.61 Å². The van der Waals surface area contributed by atoms with Gasteiger partial charge in [0.25, 0.3) is 5.56 Å². The minimum Gasteiger partial charge on any atom is -0.396 e. The first-order valence-electron chi connectivity index (χ1n) is 9.89.